The molecule has 1 aromatic rings. The zero-order valence-corrected chi connectivity index (χ0v) is 12.4. The lowest BCUT2D eigenvalue weighted by molar-refractivity contribution is 0.137. The Labute approximate surface area is 121 Å². The minimum absolute atomic E-state index is 0.348. The van der Waals surface area contributed by atoms with E-state index in [4.69, 9.17) is 4.74 Å². The number of likely N-dealkylation sites (tertiary alicyclic amines) is 1. The van der Waals surface area contributed by atoms with Crippen molar-refractivity contribution in [3.05, 3.63) is 29.3 Å². The second kappa shape index (κ2) is 4.74. The summed E-state index contributed by atoms with van der Waals surface area (Å²) in [7, 11) is 0. The highest BCUT2D eigenvalue weighted by Gasteiger charge is 2.42. The zero-order valence-electron chi connectivity index (χ0n) is 12.4. The van der Waals surface area contributed by atoms with Gasteiger partial charge in [-0.05, 0) is 50.4 Å². The van der Waals surface area contributed by atoms with E-state index < -0.39 is 0 Å². The van der Waals surface area contributed by atoms with Crippen LogP contribution in [0.5, 0.6) is 5.75 Å². The minimum Gasteiger partial charge on any atom is -0.488 e. The van der Waals surface area contributed by atoms with Gasteiger partial charge in [0.15, 0.2) is 0 Å². The third-order valence-corrected chi connectivity index (χ3v) is 5.45. The fourth-order valence-corrected chi connectivity index (χ4v) is 4.31. The van der Waals surface area contributed by atoms with Crippen LogP contribution < -0.4 is 10.1 Å². The first-order valence-electron chi connectivity index (χ1n) is 7.91. The molecule has 108 valence electrons. The largest absolute Gasteiger partial charge is 0.488 e. The molecule has 1 aromatic carbocycles. The maximum atomic E-state index is 6.14. The Hall–Kier alpha value is -1.06. The molecule has 4 atom stereocenters. The molecule has 0 spiro atoms. The van der Waals surface area contributed by atoms with Gasteiger partial charge in [0.2, 0.25) is 0 Å². The van der Waals surface area contributed by atoms with Gasteiger partial charge in [-0.2, -0.15) is 0 Å². The lowest BCUT2D eigenvalue weighted by Gasteiger charge is -2.26. The third-order valence-electron chi connectivity index (χ3n) is 5.45. The van der Waals surface area contributed by atoms with Crippen LogP contribution in [0, 0.1) is 18.8 Å². The first-order valence-corrected chi connectivity index (χ1v) is 7.91. The summed E-state index contributed by atoms with van der Waals surface area (Å²) in [6, 6.07) is 7.26. The van der Waals surface area contributed by atoms with Crippen molar-refractivity contribution in [1.29, 1.82) is 0 Å². The van der Waals surface area contributed by atoms with Crippen LogP contribution >= 0.6 is 0 Å². The molecule has 4 unspecified atom stereocenters. The van der Waals surface area contributed by atoms with E-state index in [2.05, 4.69) is 42.3 Å². The van der Waals surface area contributed by atoms with E-state index >= 15 is 0 Å². The summed E-state index contributed by atoms with van der Waals surface area (Å²) in [5.41, 5.74) is 2.73. The van der Waals surface area contributed by atoms with E-state index in [1.165, 1.54) is 30.8 Å². The number of benzene rings is 1. The van der Waals surface area contributed by atoms with Crippen molar-refractivity contribution in [2.45, 2.75) is 32.4 Å². The summed E-state index contributed by atoms with van der Waals surface area (Å²) in [5.74, 6) is 2.81. The maximum absolute atomic E-state index is 6.14. The molecule has 0 bridgehead atoms. The molecule has 4 rings (SSSR count). The Kier molecular flexibility index (Phi) is 3.00. The second-order valence-corrected chi connectivity index (χ2v) is 6.83. The second-order valence-electron chi connectivity index (χ2n) is 6.83. The molecule has 3 heterocycles. The molecule has 0 radical (unpaired) electrons. The highest BCUT2D eigenvalue weighted by Crippen LogP contribution is 2.35. The number of rotatable bonds is 2. The monoisotopic (exact) mass is 272 g/mol. The van der Waals surface area contributed by atoms with Crippen molar-refractivity contribution < 1.29 is 4.74 Å². The number of hydrogen-bond acceptors (Lipinski definition) is 3. The predicted octanol–water partition coefficient (Wildman–Crippen LogP) is 1.84. The molecule has 3 heteroatoms. The van der Waals surface area contributed by atoms with Crippen molar-refractivity contribution in [3.8, 4) is 5.75 Å². The average Bonchev–Trinajstić information content (AvgIpc) is 3.08. The number of nitrogens with one attached hydrogen (secondary N) is 1. The summed E-state index contributed by atoms with van der Waals surface area (Å²) < 4.78 is 6.14. The van der Waals surface area contributed by atoms with Gasteiger partial charge in [-0.25, -0.2) is 0 Å². The number of hydrogen-bond donors (Lipinski definition) is 1. The van der Waals surface area contributed by atoms with Crippen LogP contribution in [-0.2, 0) is 6.42 Å². The quantitative estimate of drug-likeness (QED) is 0.889. The Morgan fingerprint density at radius 1 is 1.35 bits per heavy atom. The summed E-state index contributed by atoms with van der Waals surface area (Å²) in [4.78, 5) is 2.65. The molecule has 3 nitrogen and oxygen atoms in total. The molecular weight excluding hydrogens is 248 g/mol. The van der Waals surface area contributed by atoms with Gasteiger partial charge in [0.1, 0.15) is 11.9 Å². The fourth-order valence-electron chi connectivity index (χ4n) is 4.31. The van der Waals surface area contributed by atoms with Crippen molar-refractivity contribution in [3.63, 3.8) is 0 Å². The van der Waals surface area contributed by atoms with E-state index in [-0.39, 0.29) is 0 Å². The number of ether oxygens (including phenoxy) is 1. The lowest BCUT2D eigenvalue weighted by atomic mass is 9.95. The summed E-state index contributed by atoms with van der Waals surface area (Å²) in [6.07, 6.45) is 1.43. The smallest absolute Gasteiger partial charge is 0.123 e. The third kappa shape index (κ3) is 2.04. The Morgan fingerprint density at radius 3 is 3.10 bits per heavy atom. The Morgan fingerprint density at radius 2 is 2.25 bits per heavy atom. The van der Waals surface area contributed by atoms with Crippen molar-refractivity contribution >= 4 is 0 Å². The molecule has 1 N–H and O–H groups in total. The van der Waals surface area contributed by atoms with Gasteiger partial charge >= 0.3 is 0 Å². The average molecular weight is 272 g/mol. The van der Waals surface area contributed by atoms with Crippen LogP contribution in [0.1, 0.15) is 18.1 Å². The lowest BCUT2D eigenvalue weighted by Crippen LogP contribution is -2.40. The van der Waals surface area contributed by atoms with Crippen molar-refractivity contribution in [2.24, 2.45) is 11.8 Å². The molecule has 20 heavy (non-hydrogen) atoms. The first-order chi connectivity index (χ1) is 9.70. The molecule has 2 fully saturated rings. The van der Waals surface area contributed by atoms with Gasteiger partial charge in [-0.3, -0.25) is 4.90 Å². The molecule has 0 aromatic heterocycles. The number of nitrogens with zero attached hydrogens (tertiary/aromatic N) is 1. The number of aryl methyl sites for hydroxylation is 1. The van der Waals surface area contributed by atoms with E-state index in [0.29, 0.717) is 12.1 Å². The minimum atomic E-state index is 0.348. The molecule has 0 aliphatic carbocycles. The van der Waals surface area contributed by atoms with Gasteiger partial charge in [0.25, 0.3) is 0 Å². The highest BCUT2D eigenvalue weighted by atomic mass is 16.5. The standard InChI is InChI=1S/C17H24N2O/c1-11-3-4-17-13(5-11)6-15(20-17)10-19-9-14-7-18-8-16(14)12(19)2/h3-5,12,14-16,18H,6-10H2,1-2H3. The van der Waals surface area contributed by atoms with E-state index in [0.717, 1.165) is 30.6 Å². The summed E-state index contributed by atoms with van der Waals surface area (Å²) in [6.45, 7) is 9.29. The van der Waals surface area contributed by atoms with Gasteiger partial charge < -0.3 is 10.1 Å². The highest BCUT2D eigenvalue weighted by molar-refractivity contribution is 5.40. The van der Waals surface area contributed by atoms with Gasteiger partial charge in [-0.1, -0.05) is 17.7 Å². The molecule has 0 saturated carbocycles. The van der Waals surface area contributed by atoms with E-state index in [1.807, 2.05) is 0 Å². The SMILES string of the molecule is Cc1ccc2c(c1)CC(CN1CC3CNCC3C1C)O2. The molecule has 3 aliphatic heterocycles. The van der Waals surface area contributed by atoms with Crippen LogP contribution in [0.15, 0.2) is 18.2 Å². The van der Waals surface area contributed by atoms with Crippen LogP contribution in [-0.4, -0.2) is 43.2 Å². The topological polar surface area (TPSA) is 24.5 Å². The molecule has 3 aliphatic rings. The molecular formula is C17H24N2O. The van der Waals surface area contributed by atoms with Crippen molar-refractivity contribution in [1.82, 2.24) is 10.2 Å². The molecule has 2 saturated heterocycles. The first kappa shape index (κ1) is 12.7. The summed E-state index contributed by atoms with van der Waals surface area (Å²) >= 11 is 0. The Balaban J connectivity index is 1.42. The van der Waals surface area contributed by atoms with Gasteiger partial charge in [0.05, 0.1) is 0 Å². The van der Waals surface area contributed by atoms with E-state index in [1.54, 1.807) is 0 Å². The maximum Gasteiger partial charge on any atom is 0.123 e. The zero-order chi connectivity index (χ0) is 13.7. The summed E-state index contributed by atoms with van der Waals surface area (Å²) in [5, 5.41) is 3.53. The predicted molar refractivity (Wildman–Crippen MR) is 80.2 cm³/mol. The van der Waals surface area contributed by atoms with Crippen molar-refractivity contribution in [2.75, 3.05) is 26.2 Å². The molecule has 0 amide bonds. The van der Waals surface area contributed by atoms with Crippen LogP contribution in [0.3, 0.4) is 0 Å². The number of fused-ring (bicyclic) bond motifs is 2. The van der Waals surface area contributed by atoms with Gasteiger partial charge in [-0.15, -0.1) is 0 Å². The van der Waals surface area contributed by atoms with Gasteiger partial charge in [0, 0.05) is 25.6 Å². The van der Waals surface area contributed by atoms with Crippen LogP contribution in [0.4, 0.5) is 0 Å². The fraction of sp³-hybridized carbons (Fsp3) is 0.647. The van der Waals surface area contributed by atoms with E-state index in [9.17, 15) is 0 Å². The Bertz CT molecular complexity index is 516. The van der Waals surface area contributed by atoms with Crippen LogP contribution in [0.2, 0.25) is 0 Å². The normalized spacial score (nSPS) is 35.9. The van der Waals surface area contributed by atoms with Crippen LogP contribution in [0.25, 0.3) is 0 Å².